The molecule has 3 aromatic rings. The fourth-order valence-electron chi connectivity index (χ4n) is 3.59. The number of hydrogen-bond donors (Lipinski definition) is 1. The number of esters is 2. The summed E-state index contributed by atoms with van der Waals surface area (Å²) in [6, 6.07) is 26.6. The van der Waals surface area contributed by atoms with Crippen molar-refractivity contribution in [2.75, 3.05) is 6.61 Å². The summed E-state index contributed by atoms with van der Waals surface area (Å²) in [5.41, 5.74) is 2.22. The molecule has 1 N–H and O–H groups in total. The fraction of sp³-hybridized carbons (Fsp3) is 0.185. The summed E-state index contributed by atoms with van der Waals surface area (Å²) < 4.78 is 17.1. The summed E-state index contributed by atoms with van der Waals surface area (Å²) in [5.74, 6) is -1.19. The second-order valence-electron chi connectivity index (χ2n) is 7.64. The van der Waals surface area contributed by atoms with Crippen molar-refractivity contribution < 1.29 is 28.9 Å². The Morgan fingerprint density at radius 1 is 0.697 bits per heavy atom. The number of hydrogen-bond acceptors (Lipinski definition) is 6. The van der Waals surface area contributed by atoms with Gasteiger partial charge in [-0.3, -0.25) is 0 Å². The van der Waals surface area contributed by atoms with Gasteiger partial charge in [-0.15, -0.1) is 0 Å². The van der Waals surface area contributed by atoms with Crippen molar-refractivity contribution in [3.05, 3.63) is 119 Å². The van der Waals surface area contributed by atoms with Crippen LogP contribution in [0.15, 0.2) is 103 Å². The molecule has 3 atom stereocenters. The van der Waals surface area contributed by atoms with Crippen LogP contribution in [-0.2, 0) is 20.8 Å². The Balaban J connectivity index is 1.49. The van der Waals surface area contributed by atoms with E-state index in [4.69, 9.17) is 14.2 Å². The lowest BCUT2D eigenvalue weighted by Gasteiger charge is -2.25. The van der Waals surface area contributed by atoms with E-state index in [-0.39, 0.29) is 6.61 Å². The van der Waals surface area contributed by atoms with Gasteiger partial charge >= 0.3 is 11.9 Å². The normalized spacial score (nSPS) is 19.5. The molecule has 1 unspecified atom stereocenters. The summed E-state index contributed by atoms with van der Waals surface area (Å²) >= 11 is 0. The van der Waals surface area contributed by atoms with Gasteiger partial charge in [0, 0.05) is 0 Å². The molecular formula is C27H24O6. The summed E-state index contributed by atoms with van der Waals surface area (Å²) in [5, 5.41) is 10.6. The number of ether oxygens (including phenoxy) is 3. The highest BCUT2D eigenvalue weighted by Crippen LogP contribution is 2.28. The van der Waals surface area contributed by atoms with Crippen molar-refractivity contribution in [1.82, 2.24) is 0 Å². The molecule has 0 aromatic heterocycles. The Kier molecular flexibility index (Phi) is 7.29. The molecule has 33 heavy (non-hydrogen) atoms. The molecule has 3 aromatic carbocycles. The number of aliphatic hydroxyl groups excluding tert-OH is 1. The van der Waals surface area contributed by atoms with Gasteiger partial charge < -0.3 is 19.3 Å². The van der Waals surface area contributed by atoms with Gasteiger partial charge in [0.1, 0.15) is 6.10 Å². The maximum Gasteiger partial charge on any atom is 0.338 e. The first-order valence-corrected chi connectivity index (χ1v) is 10.6. The summed E-state index contributed by atoms with van der Waals surface area (Å²) in [6.45, 7) is 0.459. The molecule has 0 fully saturated rings. The highest BCUT2D eigenvalue weighted by Gasteiger charge is 2.42. The summed E-state index contributed by atoms with van der Waals surface area (Å²) in [4.78, 5) is 25.4. The van der Waals surface area contributed by atoms with Crippen LogP contribution < -0.4 is 0 Å². The Bertz CT molecular complexity index is 1100. The van der Waals surface area contributed by atoms with Crippen LogP contribution in [0.4, 0.5) is 0 Å². The number of carbonyl (C=O) groups is 2. The predicted molar refractivity (Wildman–Crippen MR) is 121 cm³/mol. The molecule has 0 spiro atoms. The van der Waals surface area contributed by atoms with E-state index < -0.39 is 30.3 Å². The molecular weight excluding hydrogens is 420 g/mol. The van der Waals surface area contributed by atoms with Crippen LogP contribution in [-0.4, -0.2) is 42.0 Å². The molecule has 0 aliphatic heterocycles. The molecule has 0 radical (unpaired) electrons. The van der Waals surface area contributed by atoms with Crippen molar-refractivity contribution in [3.8, 4) is 0 Å². The highest BCUT2D eigenvalue weighted by atomic mass is 16.6. The maximum absolute atomic E-state index is 12.7. The van der Waals surface area contributed by atoms with Crippen molar-refractivity contribution in [2.45, 2.75) is 24.9 Å². The van der Waals surface area contributed by atoms with Crippen molar-refractivity contribution >= 4 is 11.9 Å². The molecule has 0 saturated heterocycles. The van der Waals surface area contributed by atoms with Crippen molar-refractivity contribution in [3.63, 3.8) is 0 Å². The third-order valence-corrected chi connectivity index (χ3v) is 5.26. The lowest BCUT2D eigenvalue weighted by Crippen LogP contribution is -2.39. The summed E-state index contributed by atoms with van der Waals surface area (Å²) in [7, 11) is 0. The average molecular weight is 444 g/mol. The molecule has 1 aliphatic rings. The van der Waals surface area contributed by atoms with E-state index in [1.807, 2.05) is 30.3 Å². The van der Waals surface area contributed by atoms with Crippen LogP contribution >= 0.6 is 0 Å². The molecule has 0 heterocycles. The fourth-order valence-corrected chi connectivity index (χ4v) is 3.59. The minimum absolute atomic E-state index is 0.109. The van der Waals surface area contributed by atoms with E-state index in [2.05, 4.69) is 0 Å². The first-order chi connectivity index (χ1) is 16.1. The molecule has 4 rings (SSSR count). The van der Waals surface area contributed by atoms with Gasteiger partial charge in [-0.1, -0.05) is 66.7 Å². The van der Waals surface area contributed by atoms with Crippen molar-refractivity contribution in [1.29, 1.82) is 0 Å². The van der Waals surface area contributed by atoms with Crippen LogP contribution in [0, 0.1) is 0 Å². The zero-order chi connectivity index (χ0) is 23.0. The number of benzene rings is 3. The van der Waals surface area contributed by atoms with Gasteiger partial charge in [0.25, 0.3) is 0 Å². The monoisotopic (exact) mass is 444 g/mol. The van der Waals surface area contributed by atoms with Gasteiger partial charge in [-0.05, 0) is 41.5 Å². The van der Waals surface area contributed by atoms with Crippen LogP contribution in [0.1, 0.15) is 26.3 Å². The van der Waals surface area contributed by atoms with Gasteiger partial charge in [0.05, 0.1) is 24.3 Å². The standard InChI is InChI=1S/C27H24O6/c28-23-16-22(18-31-17-19-10-4-1-5-11-19)24(32-26(29)20-12-6-2-7-13-20)25(23)33-27(30)21-14-8-3-9-15-21/h1-16,23-25,28H,17-18H2/t23-,24?,25-/m0/s1. The molecule has 168 valence electrons. The predicted octanol–water partition coefficient (Wildman–Crippen LogP) is 3.96. The maximum atomic E-state index is 12.7. The van der Waals surface area contributed by atoms with Crippen molar-refractivity contribution in [2.24, 2.45) is 0 Å². The highest BCUT2D eigenvalue weighted by molar-refractivity contribution is 5.90. The second kappa shape index (κ2) is 10.7. The number of rotatable bonds is 8. The third-order valence-electron chi connectivity index (χ3n) is 5.26. The number of carbonyl (C=O) groups excluding carboxylic acids is 2. The Morgan fingerprint density at radius 3 is 1.79 bits per heavy atom. The van der Waals surface area contributed by atoms with E-state index in [0.29, 0.717) is 23.3 Å². The molecule has 0 bridgehead atoms. The minimum atomic E-state index is -1.14. The van der Waals surface area contributed by atoms with Gasteiger partial charge in [-0.2, -0.15) is 0 Å². The first-order valence-electron chi connectivity index (χ1n) is 10.6. The van der Waals surface area contributed by atoms with Crippen LogP contribution in [0.25, 0.3) is 0 Å². The van der Waals surface area contributed by atoms with E-state index in [9.17, 15) is 14.7 Å². The third kappa shape index (κ3) is 5.74. The van der Waals surface area contributed by atoms with Crippen LogP contribution in [0.5, 0.6) is 0 Å². The van der Waals surface area contributed by atoms with E-state index in [0.717, 1.165) is 5.56 Å². The zero-order valence-electron chi connectivity index (χ0n) is 17.9. The second-order valence-corrected chi connectivity index (χ2v) is 7.64. The Labute approximate surface area is 192 Å². The lowest BCUT2D eigenvalue weighted by atomic mass is 10.1. The Morgan fingerprint density at radius 2 is 1.21 bits per heavy atom. The molecule has 0 saturated carbocycles. The van der Waals surface area contributed by atoms with E-state index in [1.54, 1.807) is 60.7 Å². The molecule has 0 amide bonds. The van der Waals surface area contributed by atoms with Gasteiger partial charge in [0.2, 0.25) is 0 Å². The van der Waals surface area contributed by atoms with E-state index >= 15 is 0 Å². The van der Waals surface area contributed by atoms with E-state index in [1.165, 1.54) is 6.08 Å². The van der Waals surface area contributed by atoms with Gasteiger partial charge in [-0.25, -0.2) is 9.59 Å². The first kappa shape index (κ1) is 22.5. The SMILES string of the molecule is O=C(OC1C(COCc2ccccc2)=C[C@H](O)[C@@H]1OC(=O)c1ccccc1)c1ccccc1. The van der Waals surface area contributed by atoms with Crippen LogP contribution in [0.3, 0.4) is 0 Å². The minimum Gasteiger partial charge on any atom is -0.451 e. The average Bonchev–Trinajstić information content (AvgIpc) is 3.14. The smallest absolute Gasteiger partial charge is 0.338 e. The molecule has 1 aliphatic carbocycles. The number of aliphatic hydroxyl groups is 1. The lowest BCUT2D eigenvalue weighted by molar-refractivity contribution is -0.0513. The Hall–Kier alpha value is -3.74. The van der Waals surface area contributed by atoms with Crippen LogP contribution in [0.2, 0.25) is 0 Å². The molecule has 6 heteroatoms. The molecule has 6 nitrogen and oxygen atoms in total. The topological polar surface area (TPSA) is 82.1 Å². The summed E-state index contributed by atoms with van der Waals surface area (Å²) in [6.07, 6.45) is -1.67. The zero-order valence-corrected chi connectivity index (χ0v) is 17.9. The quantitative estimate of drug-likeness (QED) is 0.418. The van der Waals surface area contributed by atoms with Gasteiger partial charge in [0.15, 0.2) is 12.2 Å². The largest absolute Gasteiger partial charge is 0.451 e.